The van der Waals surface area contributed by atoms with Crippen LogP contribution < -0.4 is 5.73 Å². The lowest BCUT2D eigenvalue weighted by Crippen LogP contribution is -2.14. The Labute approximate surface area is 91.5 Å². The first-order chi connectivity index (χ1) is 7.50. The molecule has 4 N–H and O–H groups in total. The van der Waals surface area contributed by atoms with Gasteiger partial charge in [-0.05, 0) is 30.9 Å². The molecule has 0 saturated heterocycles. The maximum absolute atomic E-state index is 13.3. The van der Waals surface area contributed by atoms with Crippen molar-refractivity contribution in [3.05, 3.63) is 29.1 Å². The largest absolute Gasteiger partial charge is 0.505 e. The molecule has 0 radical (unpaired) electrons. The van der Waals surface area contributed by atoms with E-state index in [2.05, 4.69) is 0 Å². The molecule has 1 atom stereocenters. The Hall–Kier alpha value is -1.62. The summed E-state index contributed by atoms with van der Waals surface area (Å²) in [6, 6.07) is 1.54. The summed E-state index contributed by atoms with van der Waals surface area (Å²) in [5.74, 6) is -2.49. The average Bonchev–Trinajstić information content (AvgIpc) is 3.04. The molecule has 16 heavy (non-hydrogen) atoms. The summed E-state index contributed by atoms with van der Waals surface area (Å²) in [5.41, 5.74) is 5.81. The van der Waals surface area contributed by atoms with Gasteiger partial charge in [0, 0.05) is 11.6 Å². The molecule has 0 aliphatic heterocycles. The lowest BCUT2D eigenvalue weighted by molar-refractivity contribution is 0.0696. The van der Waals surface area contributed by atoms with Crippen molar-refractivity contribution in [2.75, 3.05) is 0 Å². The Kier molecular flexibility index (Phi) is 2.55. The lowest BCUT2D eigenvalue weighted by atomic mass is 9.99. The molecule has 0 aromatic heterocycles. The van der Waals surface area contributed by atoms with Crippen LogP contribution >= 0.6 is 0 Å². The van der Waals surface area contributed by atoms with Crippen LogP contribution in [0.3, 0.4) is 0 Å². The molecule has 2 rings (SSSR count). The molecule has 0 bridgehead atoms. The number of benzene rings is 1. The van der Waals surface area contributed by atoms with Crippen LogP contribution in [0, 0.1) is 11.7 Å². The molecular formula is C11H12FNO3. The number of carboxylic acids is 1. The van der Waals surface area contributed by atoms with Gasteiger partial charge < -0.3 is 15.9 Å². The van der Waals surface area contributed by atoms with Crippen LogP contribution in [0.5, 0.6) is 5.75 Å². The van der Waals surface area contributed by atoms with E-state index < -0.39 is 23.6 Å². The van der Waals surface area contributed by atoms with Crippen LogP contribution in [0.15, 0.2) is 12.1 Å². The number of hydrogen-bond donors (Lipinski definition) is 3. The summed E-state index contributed by atoms with van der Waals surface area (Å²) in [5, 5.41) is 18.3. The van der Waals surface area contributed by atoms with Crippen molar-refractivity contribution in [2.24, 2.45) is 11.7 Å². The number of rotatable bonds is 3. The second-order valence-electron chi connectivity index (χ2n) is 4.06. The average molecular weight is 225 g/mol. The van der Waals surface area contributed by atoms with E-state index >= 15 is 0 Å². The van der Waals surface area contributed by atoms with E-state index in [4.69, 9.17) is 10.8 Å². The SMILES string of the molecule is N[C@H](c1cc(C(=O)O)cc(F)c1O)C1CC1. The molecule has 5 heteroatoms. The number of aromatic carboxylic acids is 1. The van der Waals surface area contributed by atoms with Crippen molar-refractivity contribution < 1.29 is 19.4 Å². The second-order valence-corrected chi connectivity index (χ2v) is 4.06. The van der Waals surface area contributed by atoms with Crippen molar-refractivity contribution in [1.82, 2.24) is 0 Å². The quantitative estimate of drug-likeness (QED) is 0.730. The predicted octanol–water partition coefficient (Wildman–Crippen LogP) is 1.64. The van der Waals surface area contributed by atoms with Crippen molar-refractivity contribution in [3.63, 3.8) is 0 Å². The first-order valence-corrected chi connectivity index (χ1v) is 5.02. The fourth-order valence-corrected chi connectivity index (χ4v) is 1.71. The topological polar surface area (TPSA) is 83.6 Å². The van der Waals surface area contributed by atoms with E-state index in [-0.39, 0.29) is 17.0 Å². The van der Waals surface area contributed by atoms with Crippen molar-refractivity contribution in [1.29, 1.82) is 0 Å². The summed E-state index contributed by atoms with van der Waals surface area (Å²) >= 11 is 0. The molecule has 1 saturated carbocycles. The Morgan fingerprint density at radius 3 is 2.62 bits per heavy atom. The van der Waals surface area contributed by atoms with Crippen LogP contribution in [0.1, 0.15) is 34.8 Å². The maximum atomic E-state index is 13.3. The van der Waals surface area contributed by atoms with Gasteiger partial charge in [-0.25, -0.2) is 9.18 Å². The lowest BCUT2D eigenvalue weighted by Gasteiger charge is -2.13. The van der Waals surface area contributed by atoms with Gasteiger partial charge in [0.1, 0.15) is 0 Å². The number of nitrogens with two attached hydrogens (primary N) is 1. The summed E-state index contributed by atoms with van der Waals surface area (Å²) in [4.78, 5) is 10.7. The maximum Gasteiger partial charge on any atom is 0.335 e. The standard InChI is InChI=1S/C11H12FNO3/c12-8-4-6(11(15)16)3-7(10(8)14)9(13)5-1-2-5/h3-5,9,14H,1-2,13H2,(H,15,16)/t9-/m0/s1. The number of phenols is 1. The van der Waals surface area contributed by atoms with Crippen LogP contribution in [-0.4, -0.2) is 16.2 Å². The molecule has 1 fully saturated rings. The van der Waals surface area contributed by atoms with E-state index in [1.165, 1.54) is 6.07 Å². The second kappa shape index (κ2) is 3.75. The molecule has 0 spiro atoms. The molecular weight excluding hydrogens is 213 g/mol. The first-order valence-electron chi connectivity index (χ1n) is 5.02. The van der Waals surface area contributed by atoms with Gasteiger partial charge in [0.05, 0.1) is 5.56 Å². The minimum atomic E-state index is -1.23. The zero-order chi connectivity index (χ0) is 11.9. The number of carboxylic acid groups (broad SMARTS) is 1. The highest BCUT2D eigenvalue weighted by atomic mass is 19.1. The number of hydrogen-bond acceptors (Lipinski definition) is 3. The third kappa shape index (κ3) is 1.86. The fourth-order valence-electron chi connectivity index (χ4n) is 1.71. The van der Waals surface area contributed by atoms with Gasteiger partial charge in [0.25, 0.3) is 0 Å². The van der Waals surface area contributed by atoms with Crippen molar-refractivity contribution in [2.45, 2.75) is 18.9 Å². The van der Waals surface area contributed by atoms with Gasteiger partial charge in [-0.3, -0.25) is 0 Å². The van der Waals surface area contributed by atoms with Crippen LogP contribution in [0.2, 0.25) is 0 Å². The molecule has 1 aliphatic rings. The highest BCUT2D eigenvalue weighted by Gasteiger charge is 2.32. The molecule has 0 heterocycles. The van der Waals surface area contributed by atoms with Gasteiger partial charge in [-0.1, -0.05) is 0 Å². The monoisotopic (exact) mass is 225 g/mol. The first kappa shape index (κ1) is 10.9. The highest BCUT2D eigenvalue weighted by molar-refractivity contribution is 5.88. The minimum absolute atomic E-state index is 0.180. The van der Waals surface area contributed by atoms with Crippen LogP contribution in [0.4, 0.5) is 4.39 Å². The Bertz CT molecular complexity index is 443. The Balaban J connectivity index is 2.45. The van der Waals surface area contributed by atoms with Gasteiger partial charge in [0.2, 0.25) is 0 Å². The third-order valence-corrected chi connectivity index (χ3v) is 2.83. The Morgan fingerprint density at radius 2 is 2.12 bits per heavy atom. The zero-order valence-corrected chi connectivity index (χ0v) is 8.48. The molecule has 4 nitrogen and oxygen atoms in total. The van der Waals surface area contributed by atoms with Gasteiger partial charge >= 0.3 is 5.97 Å². The molecule has 0 unspecified atom stereocenters. The minimum Gasteiger partial charge on any atom is -0.505 e. The number of aromatic hydroxyl groups is 1. The smallest absolute Gasteiger partial charge is 0.335 e. The van der Waals surface area contributed by atoms with Crippen LogP contribution in [0.25, 0.3) is 0 Å². The number of carbonyl (C=O) groups is 1. The molecule has 0 amide bonds. The normalized spacial score (nSPS) is 17.1. The van der Waals surface area contributed by atoms with E-state index in [0.29, 0.717) is 0 Å². The molecule has 1 aromatic rings. The van der Waals surface area contributed by atoms with E-state index in [1.807, 2.05) is 0 Å². The van der Waals surface area contributed by atoms with Crippen molar-refractivity contribution >= 4 is 5.97 Å². The summed E-state index contributed by atoms with van der Waals surface area (Å²) in [6.45, 7) is 0. The molecule has 1 aromatic carbocycles. The van der Waals surface area contributed by atoms with Gasteiger partial charge in [-0.2, -0.15) is 0 Å². The summed E-state index contributed by atoms with van der Waals surface area (Å²) in [7, 11) is 0. The fraction of sp³-hybridized carbons (Fsp3) is 0.364. The van der Waals surface area contributed by atoms with E-state index in [1.54, 1.807) is 0 Å². The van der Waals surface area contributed by atoms with E-state index in [0.717, 1.165) is 18.9 Å². The summed E-state index contributed by atoms with van der Waals surface area (Å²) < 4.78 is 13.3. The third-order valence-electron chi connectivity index (χ3n) is 2.83. The molecule has 86 valence electrons. The highest BCUT2D eigenvalue weighted by Crippen LogP contribution is 2.42. The zero-order valence-electron chi connectivity index (χ0n) is 8.48. The predicted molar refractivity (Wildman–Crippen MR) is 54.7 cm³/mol. The Morgan fingerprint density at radius 1 is 1.50 bits per heavy atom. The van der Waals surface area contributed by atoms with Gasteiger partial charge in [-0.15, -0.1) is 0 Å². The van der Waals surface area contributed by atoms with Crippen LogP contribution in [-0.2, 0) is 0 Å². The molecule has 1 aliphatic carbocycles. The van der Waals surface area contributed by atoms with E-state index in [9.17, 15) is 14.3 Å². The van der Waals surface area contributed by atoms with Crippen molar-refractivity contribution in [3.8, 4) is 5.75 Å². The van der Waals surface area contributed by atoms with Gasteiger partial charge in [0.15, 0.2) is 11.6 Å². The number of halogens is 1. The number of phenolic OH excluding ortho intramolecular Hbond substituents is 1. The summed E-state index contributed by atoms with van der Waals surface area (Å²) in [6.07, 6.45) is 1.86.